The molecule has 0 saturated carbocycles. The van der Waals surface area contributed by atoms with Crippen LogP contribution in [0.25, 0.3) is 0 Å². The molecule has 5 nitrogen and oxygen atoms in total. The second-order valence-electron chi connectivity index (χ2n) is 6.23. The molecule has 0 radical (unpaired) electrons. The van der Waals surface area contributed by atoms with Crippen LogP contribution in [0, 0.1) is 12.8 Å². The van der Waals surface area contributed by atoms with Gasteiger partial charge in [0.1, 0.15) is 0 Å². The second-order valence-corrected chi connectivity index (χ2v) is 6.67. The molecule has 1 atom stereocenters. The van der Waals surface area contributed by atoms with Crippen molar-refractivity contribution < 1.29 is 19.1 Å². The van der Waals surface area contributed by atoms with Crippen LogP contribution in [0.2, 0.25) is 5.02 Å². The number of halogens is 1. The molecule has 1 aliphatic heterocycles. The van der Waals surface area contributed by atoms with Gasteiger partial charge in [0.05, 0.1) is 5.92 Å². The van der Waals surface area contributed by atoms with Crippen molar-refractivity contribution in [3.05, 3.63) is 64.7 Å². The van der Waals surface area contributed by atoms with Crippen molar-refractivity contribution in [1.82, 2.24) is 0 Å². The molecule has 26 heavy (non-hydrogen) atoms. The van der Waals surface area contributed by atoms with Crippen molar-refractivity contribution in [2.24, 2.45) is 5.92 Å². The van der Waals surface area contributed by atoms with E-state index < -0.39 is 11.9 Å². The summed E-state index contributed by atoms with van der Waals surface area (Å²) >= 11 is 5.79. The summed E-state index contributed by atoms with van der Waals surface area (Å²) in [5, 5.41) is 0.527. The number of esters is 1. The molecule has 0 unspecified atom stereocenters. The highest BCUT2D eigenvalue weighted by atomic mass is 35.5. The molecule has 2 aromatic rings. The third-order valence-electron chi connectivity index (χ3n) is 4.38. The zero-order valence-electron chi connectivity index (χ0n) is 14.3. The Bertz CT molecular complexity index is 847. The van der Waals surface area contributed by atoms with E-state index >= 15 is 0 Å². The van der Waals surface area contributed by atoms with E-state index in [-0.39, 0.29) is 31.3 Å². The first-order valence-electron chi connectivity index (χ1n) is 8.27. The van der Waals surface area contributed by atoms with Crippen LogP contribution in [0.1, 0.15) is 22.3 Å². The summed E-state index contributed by atoms with van der Waals surface area (Å²) in [7, 11) is 0. The number of anilines is 1. The van der Waals surface area contributed by atoms with Crippen LogP contribution in [-0.4, -0.2) is 30.8 Å². The number of hydrogen-bond acceptors (Lipinski definition) is 4. The maximum atomic E-state index is 12.3. The van der Waals surface area contributed by atoms with Gasteiger partial charge in [0.15, 0.2) is 12.4 Å². The number of nitrogens with zero attached hydrogens (tertiary/aromatic N) is 1. The molecule has 0 N–H and O–H groups in total. The normalized spacial score (nSPS) is 16.6. The molecular formula is C20H18ClNO4. The number of benzene rings is 2. The lowest BCUT2D eigenvalue weighted by molar-refractivity contribution is -0.147. The molecule has 1 aliphatic rings. The average molecular weight is 372 g/mol. The molecule has 0 spiro atoms. The number of carbonyl (C=O) groups excluding carboxylic acids is 3. The summed E-state index contributed by atoms with van der Waals surface area (Å²) in [4.78, 5) is 38.2. The Labute approximate surface area is 156 Å². The highest BCUT2D eigenvalue weighted by Crippen LogP contribution is 2.28. The van der Waals surface area contributed by atoms with Crippen molar-refractivity contribution in [3.63, 3.8) is 0 Å². The maximum absolute atomic E-state index is 12.3. The monoisotopic (exact) mass is 371 g/mol. The van der Waals surface area contributed by atoms with Gasteiger partial charge in [-0.2, -0.15) is 0 Å². The summed E-state index contributed by atoms with van der Waals surface area (Å²) < 4.78 is 5.13. The van der Waals surface area contributed by atoms with Crippen molar-refractivity contribution >= 4 is 34.9 Å². The molecule has 1 amide bonds. The van der Waals surface area contributed by atoms with Gasteiger partial charge in [0, 0.05) is 29.2 Å². The standard InChI is InChI=1S/C20H18ClNO4/c1-13-4-2-3-5-17(13)22-11-15(10-19(22)24)20(25)26-12-18(23)14-6-8-16(21)9-7-14/h2-9,15H,10-12H2,1H3/t15-/m0/s1. The number of hydrogen-bond donors (Lipinski definition) is 0. The molecule has 1 fully saturated rings. The van der Waals surface area contributed by atoms with E-state index in [0.717, 1.165) is 11.3 Å². The van der Waals surface area contributed by atoms with Crippen LogP contribution in [0.15, 0.2) is 48.5 Å². The topological polar surface area (TPSA) is 63.7 Å². The number of Topliss-reactive ketones (excluding diaryl/α,β-unsaturated/α-hetero) is 1. The smallest absolute Gasteiger partial charge is 0.311 e. The fraction of sp³-hybridized carbons (Fsp3) is 0.250. The van der Waals surface area contributed by atoms with E-state index in [9.17, 15) is 14.4 Å². The first kappa shape index (κ1) is 18.1. The van der Waals surface area contributed by atoms with Gasteiger partial charge in [-0.25, -0.2) is 0 Å². The first-order chi connectivity index (χ1) is 12.5. The third kappa shape index (κ3) is 3.94. The first-order valence-corrected chi connectivity index (χ1v) is 8.65. The Morgan fingerprint density at radius 2 is 1.85 bits per heavy atom. The molecule has 134 valence electrons. The number of amides is 1. The number of carbonyl (C=O) groups is 3. The number of rotatable bonds is 5. The predicted molar refractivity (Wildman–Crippen MR) is 98.4 cm³/mol. The number of aryl methyl sites for hydroxylation is 1. The van der Waals surface area contributed by atoms with Crippen molar-refractivity contribution in [3.8, 4) is 0 Å². The molecule has 6 heteroatoms. The SMILES string of the molecule is Cc1ccccc1N1C[C@@H](C(=O)OCC(=O)c2ccc(Cl)cc2)CC1=O. The quantitative estimate of drug-likeness (QED) is 0.596. The molecule has 0 aromatic heterocycles. The Kier molecular flexibility index (Phi) is 5.38. The van der Waals surface area contributed by atoms with E-state index in [1.807, 2.05) is 31.2 Å². The maximum Gasteiger partial charge on any atom is 0.311 e. The minimum Gasteiger partial charge on any atom is -0.457 e. The molecule has 3 rings (SSSR count). The number of ketones is 1. The van der Waals surface area contributed by atoms with Crippen LogP contribution in [0.4, 0.5) is 5.69 Å². The van der Waals surface area contributed by atoms with Crippen molar-refractivity contribution in [2.75, 3.05) is 18.1 Å². The van der Waals surface area contributed by atoms with E-state index in [1.54, 1.807) is 29.2 Å². The van der Waals surface area contributed by atoms with E-state index in [0.29, 0.717) is 10.6 Å². The summed E-state index contributed by atoms with van der Waals surface area (Å²) in [5.74, 6) is -1.53. The van der Waals surface area contributed by atoms with Crippen LogP contribution in [-0.2, 0) is 14.3 Å². The fourth-order valence-electron chi connectivity index (χ4n) is 2.94. The minimum absolute atomic E-state index is 0.0856. The summed E-state index contributed by atoms with van der Waals surface area (Å²) in [6.07, 6.45) is 0.0856. The highest BCUT2D eigenvalue weighted by Gasteiger charge is 2.36. The van der Waals surface area contributed by atoms with Crippen LogP contribution >= 0.6 is 11.6 Å². The second kappa shape index (κ2) is 7.70. The lowest BCUT2D eigenvalue weighted by Crippen LogP contribution is -2.27. The van der Waals surface area contributed by atoms with Crippen molar-refractivity contribution in [2.45, 2.75) is 13.3 Å². The molecule has 1 heterocycles. The molecule has 2 aromatic carbocycles. The Hall–Kier alpha value is -2.66. The zero-order chi connectivity index (χ0) is 18.7. The molecule has 1 saturated heterocycles. The summed E-state index contributed by atoms with van der Waals surface area (Å²) in [6, 6.07) is 13.9. The average Bonchev–Trinajstić information content (AvgIpc) is 3.02. The van der Waals surface area contributed by atoms with Gasteiger partial charge >= 0.3 is 5.97 Å². The van der Waals surface area contributed by atoms with Crippen molar-refractivity contribution in [1.29, 1.82) is 0 Å². The van der Waals surface area contributed by atoms with E-state index in [4.69, 9.17) is 16.3 Å². The van der Waals surface area contributed by atoms with Crippen LogP contribution < -0.4 is 4.90 Å². The number of para-hydroxylation sites is 1. The minimum atomic E-state index is -0.569. The third-order valence-corrected chi connectivity index (χ3v) is 4.63. The Morgan fingerprint density at radius 3 is 2.54 bits per heavy atom. The van der Waals surface area contributed by atoms with Gasteiger partial charge in [0.2, 0.25) is 5.91 Å². The van der Waals surface area contributed by atoms with Crippen LogP contribution in [0.5, 0.6) is 0 Å². The van der Waals surface area contributed by atoms with Gasteiger partial charge < -0.3 is 9.64 Å². The predicted octanol–water partition coefficient (Wildman–Crippen LogP) is 3.43. The lowest BCUT2D eigenvalue weighted by atomic mass is 10.1. The Balaban J connectivity index is 1.59. The van der Waals surface area contributed by atoms with Gasteiger partial charge in [-0.15, -0.1) is 0 Å². The zero-order valence-corrected chi connectivity index (χ0v) is 15.0. The fourth-order valence-corrected chi connectivity index (χ4v) is 3.06. The molecule has 0 bridgehead atoms. The molecule has 0 aliphatic carbocycles. The van der Waals surface area contributed by atoms with Crippen LogP contribution in [0.3, 0.4) is 0 Å². The lowest BCUT2D eigenvalue weighted by Gasteiger charge is -2.18. The molecular weight excluding hydrogens is 354 g/mol. The van der Waals surface area contributed by atoms with E-state index in [1.165, 1.54) is 0 Å². The highest BCUT2D eigenvalue weighted by molar-refractivity contribution is 6.30. The van der Waals surface area contributed by atoms with Gasteiger partial charge in [-0.1, -0.05) is 29.8 Å². The van der Waals surface area contributed by atoms with Gasteiger partial charge in [0.25, 0.3) is 0 Å². The number of ether oxygens (including phenoxy) is 1. The van der Waals surface area contributed by atoms with E-state index in [2.05, 4.69) is 0 Å². The summed E-state index contributed by atoms with van der Waals surface area (Å²) in [5.41, 5.74) is 2.18. The van der Waals surface area contributed by atoms with Gasteiger partial charge in [-0.05, 0) is 42.8 Å². The Morgan fingerprint density at radius 1 is 1.15 bits per heavy atom. The summed E-state index contributed by atoms with van der Waals surface area (Å²) in [6.45, 7) is 1.83. The largest absolute Gasteiger partial charge is 0.457 e. The van der Waals surface area contributed by atoms with Gasteiger partial charge in [-0.3, -0.25) is 14.4 Å².